The Bertz CT molecular complexity index is 158. The molecule has 0 aromatic rings. The van der Waals surface area contributed by atoms with Gasteiger partial charge in [0.1, 0.15) is 0 Å². The smallest absolute Gasteiger partial charge is 0.00739 e. The Morgan fingerprint density at radius 3 is 2.07 bits per heavy atom. The van der Waals surface area contributed by atoms with E-state index in [0.717, 1.165) is 19.5 Å². The van der Waals surface area contributed by atoms with Crippen LogP contribution in [0.25, 0.3) is 0 Å². The van der Waals surface area contributed by atoms with Crippen molar-refractivity contribution < 1.29 is 0 Å². The summed E-state index contributed by atoms with van der Waals surface area (Å²) in [4.78, 5) is 0. The van der Waals surface area contributed by atoms with Crippen molar-refractivity contribution in [1.82, 2.24) is 5.32 Å². The first kappa shape index (κ1) is 14.9. The molecule has 2 nitrogen and oxygen atoms in total. The zero-order chi connectivity index (χ0) is 12.1. The third-order valence-electron chi connectivity index (χ3n) is 3.44. The molecule has 0 fully saturated rings. The first-order chi connectivity index (χ1) is 6.75. The third kappa shape index (κ3) is 6.91. The predicted molar refractivity (Wildman–Crippen MR) is 68.9 cm³/mol. The average molecular weight is 214 g/mol. The molecule has 0 spiro atoms. The molecule has 0 saturated heterocycles. The van der Waals surface area contributed by atoms with Gasteiger partial charge in [-0.2, -0.15) is 0 Å². The monoisotopic (exact) mass is 214 g/mol. The van der Waals surface area contributed by atoms with E-state index in [-0.39, 0.29) is 0 Å². The Balaban J connectivity index is 3.55. The lowest BCUT2D eigenvalue weighted by Gasteiger charge is -2.27. The lowest BCUT2D eigenvalue weighted by Crippen LogP contribution is -2.34. The van der Waals surface area contributed by atoms with Gasteiger partial charge in [0.05, 0.1) is 0 Å². The fraction of sp³-hybridized carbons (Fsp3) is 1.00. The average Bonchev–Trinajstić information content (AvgIpc) is 2.09. The number of nitrogens with two attached hydrogens (primary N) is 1. The molecule has 0 radical (unpaired) electrons. The number of nitrogens with one attached hydrogen (secondary N) is 1. The van der Waals surface area contributed by atoms with Crippen molar-refractivity contribution in [3.05, 3.63) is 0 Å². The Kier molecular flexibility index (Phi) is 6.46. The standard InChI is InChI=1S/C13H30N2/c1-10(2)12(14)7-8-15-9-11(3)13(4,5)6/h10-12,15H,7-9,14H2,1-6H3. The Labute approximate surface area is 96.0 Å². The summed E-state index contributed by atoms with van der Waals surface area (Å²) in [6.07, 6.45) is 1.08. The van der Waals surface area contributed by atoms with Crippen LogP contribution in [0.15, 0.2) is 0 Å². The van der Waals surface area contributed by atoms with Gasteiger partial charge in [0.25, 0.3) is 0 Å². The molecule has 15 heavy (non-hydrogen) atoms. The van der Waals surface area contributed by atoms with Gasteiger partial charge in [0, 0.05) is 6.04 Å². The van der Waals surface area contributed by atoms with Gasteiger partial charge in [-0.15, -0.1) is 0 Å². The first-order valence-corrected chi connectivity index (χ1v) is 6.21. The fourth-order valence-electron chi connectivity index (χ4n) is 1.23. The van der Waals surface area contributed by atoms with Crippen molar-refractivity contribution in [1.29, 1.82) is 0 Å². The van der Waals surface area contributed by atoms with E-state index in [0.29, 0.717) is 23.3 Å². The summed E-state index contributed by atoms with van der Waals surface area (Å²) in [5.41, 5.74) is 6.38. The van der Waals surface area contributed by atoms with Gasteiger partial charge < -0.3 is 11.1 Å². The first-order valence-electron chi connectivity index (χ1n) is 6.21. The van der Waals surface area contributed by atoms with Gasteiger partial charge in [-0.3, -0.25) is 0 Å². The number of rotatable bonds is 6. The van der Waals surface area contributed by atoms with Crippen LogP contribution in [0, 0.1) is 17.3 Å². The topological polar surface area (TPSA) is 38.0 Å². The molecule has 2 atom stereocenters. The molecule has 0 aliphatic rings. The molecule has 0 aromatic carbocycles. The van der Waals surface area contributed by atoms with E-state index in [1.165, 1.54) is 0 Å². The highest BCUT2D eigenvalue weighted by Crippen LogP contribution is 2.24. The van der Waals surface area contributed by atoms with Crippen molar-refractivity contribution in [2.75, 3.05) is 13.1 Å². The lowest BCUT2D eigenvalue weighted by atomic mass is 9.82. The third-order valence-corrected chi connectivity index (χ3v) is 3.44. The summed E-state index contributed by atoms with van der Waals surface area (Å²) in [7, 11) is 0. The quantitative estimate of drug-likeness (QED) is 0.667. The fourth-order valence-corrected chi connectivity index (χ4v) is 1.23. The van der Waals surface area contributed by atoms with E-state index in [1.807, 2.05) is 0 Å². The van der Waals surface area contributed by atoms with Crippen LogP contribution in [0.3, 0.4) is 0 Å². The molecule has 3 N–H and O–H groups in total. The van der Waals surface area contributed by atoms with Gasteiger partial charge in [0.2, 0.25) is 0 Å². The van der Waals surface area contributed by atoms with Gasteiger partial charge in [-0.05, 0) is 36.8 Å². The molecule has 0 aliphatic carbocycles. The zero-order valence-electron chi connectivity index (χ0n) is 11.4. The molecule has 0 aromatic heterocycles. The van der Waals surface area contributed by atoms with Crippen LogP contribution < -0.4 is 11.1 Å². The van der Waals surface area contributed by atoms with Gasteiger partial charge in [0.15, 0.2) is 0 Å². The minimum atomic E-state index is 0.336. The van der Waals surface area contributed by atoms with E-state index in [4.69, 9.17) is 5.73 Å². The van der Waals surface area contributed by atoms with Crippen molar-refractivity contribution in [2.45, 2.75) is 54.0 Å². The highest BCUT2D eigenvalue weighted by atomic mass is 14.9. The second-order valence-corrected chi connectivity index (χ2v) is 6.17. The molecule has 0 aliphatic heterocycles. The van der Waals surface area contributed by atoms with Gasteiger partial charge >= 0.3 is 0 Å². The molecule has 2 heteroatoms. The predicted octanol–water partition coefficient (Wildman–Crippen LogP) is 2.63. The van der Waals surface area contributed by atoms with E-state index in [9.17, 15) is 0 Å². The van der Waals surface area contributed by atoms with Crippen LogP contribution in [0.2, 0.25) is 0 Å². The largest absolute Gasteiger partial charge is 0.327 e. The van der Waals surface area contributed by atoms with Crippen LogP contribution in [0.1, 0.15) is 48.0 Å². The molecule has 2 unspecified atom stereocenters. The van der Waals surface area contributed by atoms with Crippen LogP contribution in [-0.4, -0.2) is 19.1 Å². The summed E-state index contributed by atoms with van der Waals surface area (Å²) < 4.78 is 0. The summed E-state index contributed by atoms with van der Waals surface area (Å²) in [6.45, 7) is 15.7. The Hall–Kier alpha value is -0.0800. The molecule has 0 rings (SSSR count). The lowest BCUT2D eigenvalue weighted by molar-refractivity contribution is 0.251. The highest BCUT2D eigenvalue weighted by molar-refractivity contribution is 4.73. The van der Waals surface area contributed by atoms with Crippen LogP contribution in [-0.2, 0) is 0 Å². The molecule has 0 heterocycles. The van der Waals surface area contributed by atoms with E-state index in [2.05, 4.69) is 46.9 Å². The molecule has 0 bridgehead atoms. The number of hydrogen-bond donors (Lipinski definition) is 2. The van der Waals surface area contributed by atoms with Crippen molar-refractivity contribution in [3.63, 3.8) is 0 Å². The number of hydrogen-bond acceptors (Lipinski definition) is 2. The maximum atomic E-state index is 5.98. The normalized spacial score (nSPS) is 16.8. The maximum absolute atomic E-state index is 5.98. The minimum absolute atomic E-state index is 0.336. The molecule has 0 amide bonds. The molecule has 0 saturated carbocycles. The molecule has 92 valence electrons. The van der Waals surface area contributed by atoms with Crippen molar-refractivity contribution in [2.24, 2.45) is 23.0 Å². The van der Waals surface area contributed by atoms with E-state index >= 15 is 0 Å². The van der Waals surface area contributed by atoms with E-state index < -0.39 is 0 Å². The Morgan fingerprint density at radius 2 is 1.67 bits per heavy atom. The summed E-state index contributed by atoms with van der Waals surface area (Å²) in [6, 6.07) is 0.336. The van der Waals surface area contributed by atoms with Crippen molar-refractivity contribution in [3.8, 4) is 0 Å². The SMILES string of the molecule is CC(C)C(N)CCNCC(C)C(C)(C)C. The summed E-state index contributed by atoms with van der Waals surface area (Å²) in [5, 5.41) is 3.50. The van der Waals surface area contributed by atoms with Crippen LogP contribution in [0.4, 0.5) is 0 Å². The summed E-state index contributed by atoms with van der Waals surface area (Å²) in [5.74, 6) is 1.29. The van der Waals surface area contributed by atoms with Gasteiger partial charge in [-0.1, -0.05) is 41.5 Å². The van der Waals surface area contributed by atoms with Gasteiger partial charge in [-0.25, -0.2) is 0 Å². The van der Waals surface area contributed by atoms with Crippen LogP contribution >= 0.6 is 0 Å². The maximum Gasteiger partial charge on any atom is 0.00739 e. The summed E-state index contributed by atoms with van der Waals surface area (Å²) >= 11 is 0. The van der Waals surface area contributed by atoms with Crippen molar-refractivity contribution >= 4 is 0 Å². The second-order valence-electron chi connectivity index (χ2n) is 6.17. The molecular weight excluding hydrogens is 184 g/mol. The zero-order valence-corrected chi connectivity index (χ0v) is 11.4. The van der Waals surface area contributed by atoms with Crippen LogP contribution in [0.5, 0.6) is 0 Å². The second kappa shape index (κ2) is 6.49. The highest BCUT2D eigenvalue weighted by Gasteiger charge is 2.19. The Morgan fingerprint density at radius 1 is 1.13 bits per heavy atom. The molecular formula is C13H30N2. The van der Waals surface area contributed by atoms with E-state index in [1.54, 1.807) is 0 Å². The minimum Gasteiger partial charge on any atom is -0.327 e.